The number of aryl methyl sites for hydroxylation is 2. The molecule has 0 radical (unpaired) electrons. The maximum atomic E-state index is 13.6. The van der Waals surface area contributed by atoms with E-state index in [9.17, 15) is 4.79 Å². The van der Waals surface area contributed by atoms with E-state index in [2.05, 4.69) is 15.0 Å². The molecule has 1 aliphatic rings. The van der Waals surface area contributed by atoms with Gasteiger partial charge in [-0.3, -0.25) is 4.90 Å². The summed E-state index contributed by atoms with van der Waals surface area (Å²) in [6, 6.07) is 19.2. The minimum atomic E-state index is -0.688. The van der Waals surface area contributed by atoms with Crippen LogP contribution in [0.1, 0.15) is 32.0 Å². The SMILES string of the molecule is Cc1cccc(Oc2ccc3c(c2)CN(C(=O)OC(C)(C)C)c2ncnc4c2c-3c(-c2cccc(N)c2)n4C)n1. The van der Waals surface area contributed by atoms with Crippen LogP contribution < -0.4 is 15.4 Å². The van der Waals surface area contributed by atoms with E-state index in [1.165, 1.54) is 6.33 Å². The average Bonchev–Trinajstić information content (AvgIpc) is 3.10. The number of amides is 1. The number of hydrogen-bond donors (Lipinski definition) is 1. The topological polar surface area (TPSA) is 108 Å². The van der Waals surface area contributed by atoms with E-state index in [-0.39, 0.29) is 6.54 Å². The number of anilines is 2. The van der Waals surface area contributed by atoms with E-state index in [0.29, 0.717) is 28.8 Å². The fraction of sp³-hybridized carbons (Fsp3) is 0.226. The van der Waals surface area contributed by atoms with Gasteiger partial charge in [0.15, 0.2) is 5.82 Å². The maximum Gasteiger partial charge on any atom is 0.416 e. The van der Waals surface area contributed by atoms with Crippen molar-refractivity contribution in [3.8, 4) is 34.0 Å². The molecule has 0 aliphatic carbocycles. The molecule has 0 atom stereocenters. The predicted octanol–water partition coefficient (Wildman–Crippen LogP) is 6.64. The van der Waals surface area contributed by atoms with E-state index in [1.54, 1.807) is 4.90 Å². The van der Waals surface area contributed by atoms with Crippen molar-refractivity contribution in [1.82, 2.24) is 19.5 Å². The van der Waals surface area contributed by atoms with Crippen LogP contribution in [-0.2, 0) is 18.3 Å². The molecular formula is C31H30N6O3. The molecule has 9 heteroatoms. The van der Waals surface area contributed by atoms with Gasteiger partial charge in [0, 0.05) is 35.6 Å². The van der Waals surface area contributed by atoms with Crippen molar-refractivity contribution < 1.29 is 14.3 Å². The number of nitrogen functional groups attached to an aromatic ring is 1. The maximum absolute atomic E-state index is 13.6. The van der Waals surface area contributed by atoms with E-state index in [1.807, 2.05) is 100.0 Å². The van der Waals surface area contributed by atoms with Crippen molar-refractivity contribution in [2.75, 3.05) is 10.6 Å². The Morgan fingerprint density at radius 2 is 1.82 bits per heavy atom. The highest BCUT2D eigenvalue weighted by Crippen LogP contribution is 2.47. The van der Waals surface area contributed by atoms with Gasteiger partial charge < -0.3 is 19.8 Å². The van der Waals surface area contributed by atoms with Crippen LogP contribution in [0.4, 0.5) is 16.3 Å². The number of aromatic nitrogens is 4. The van der Waals surface area contributed by atoms with Gasteiger partial charge in [0.05, 0.1) is 17.6 Å². The van der Waals surface area contributed by atoms with E-state index < -0.39 is 11.7 Å². The Hall–Kier alpha value is -4.92. The molecule has 0 unspecified atom stereocenters. The van der Waals surface area contributed by atoms with Crippen molar-refractivity contribution in [3.63, 3.8) is 0 Å². The van der Waals surface area contributed by atoms with Gasteiger partial charge >= 0.3 is 6.09 Å². The van der Waals surface area contributed by atoms with Crippen LogP contribution in [0, 0.1) is 6.92 Å². The molecule has 1 amide bonds. The Balaban J connectivity index is 1.60. The third kappa shape index (κ3) is 4.49. The van der Waals surface area contributed by atoms with Crippen LogP contribution in [0.2, 0.25) is 0 Å². The molecular weight excluding hydrogens is 504 g/mol. The number of hydrogen-bond acceptors (Lipinski definition) is 7. The lowest BCUT2D eigenvalue weighted by Gasteiger charge is -2.26. The first-order valence-corrected chi connectivity index (χ1v) is 13.0. The van der Waals surface area contributed by atoms with Crippen molar-refractivity contribution >= 4 is 28.6 Å². The van der Waals surface area contributed by atoms with Gasteiger partial charge in [-0.2, -0.15) is 0 Å². The van der Waals surface area contributed by atoms with Gasteiger partial charge in [-0.1, -0.05) is 24.3 Å². The summed E-state index contributed by atoms with van der Waals surface area (Å²) >= 11 is 0. The smallest absolute Gasteiger partial charge is 0.416 e. The zero-order chi connectivity index (χ0) is 28.2. The molecule has 2 N–H and O–H groups in total. The third-order valence-electron chi connectivity index (χ3n) is 6.74. The van der Waals surface area contributed by atoms with Crippen LogP contribution in [0.15, 0.2) is 67.0 Å². The Morgan fingerprint density at radius 3 is 2.58 bits per heavy atom. The van der Waals surface area contributed by atoms with E-state index in [0.717, 1.165) is 39.0 Å². The molecule has 6 rings (SSSR count). The molecule has 2 aromatic carbocycles. The molecule has 3 aromatic heterocycles. The number of ether oxygens (including phenoxy) is 2. The third-order valence-corrected chi connectivity index (χ3v) is 6.74. The van der Waals surface area contributed by atoms with Gasteiger partial charge in [0.25, 0.3) is 0 Å². The monoisotopic (exact) mass is 534 g/mol. The highest BCUT2D eigenvalue weighted by molar-refractivity contribution is 6.12. The number of pyridine rings is 1. The van der Waals surface area contributed by atoms with Gasteiger partial charge in [0.2, 0.25) is 5.88 Å². The number of carbonyl (C=O) groups is 1. The lowest BCUT2D eigenvalue weighted by molar-refractivity contribution is 0.0577. The lowest BCUT2D eigenvalue weighted by Crippen LogP contribution is -2.37. The lowest BCUT2D eigenvalue weighted by atomic mass is 9.95. The number of nitrogens with two attached hydrogens (primary N) is 1. The summed E-state index contributed by atoms with van der Waals surface area (Å²) in [5, 5.41) is 0.765. The summed E-state index contributed by atoms with van der Waals surface area (Å²) in [6.07, 6.45) is 0.989. The minimum absolute atomic E-state index is 0.226. The van der Waals surface area contributed by atoms with Crippen LogP contribution in [-0.4, -0.2) is 31.2 Å². The quantitative estimate of drug-likeness (QED) is 0.259. The summed E-state index contributed by atoms with van der Waals surface area (Å²) < 4.78 is 14.0. The Bertz CT molecular complexity index is 1790. The molecule has 4 heterocycles. The Kier molecular flexibility index (Phi) is 5.94. The number of rotatable bonds is 3. The van der Waals surface area contributed by atoms with Gasteiger partial charge in [-0.05, 0) is 69.2 Å². The van der Waals surface area contributed by atoms with Crippen LogP contribution >= 0.6 is 0 Å². The van der Waals surface area contributed by atoms with E-state index in [4.69, 9.17) is 15.2 Å². The van der Waals surface area contributed by atoms with Crippen LogP contribution in [0.3, 0.4) is 0 Å². The molecule has 0 bridgehead atoms. The predicted molar refractivity (Wildman–Crippen MR) is 155 cm³/mol. The van der Waals surface area contributed by atoms with Crippen molar-refractivity contribution in [2.45, 2.75) is 39.8 Å². The molecule has 40 heavy (non-hydrogen) atoms. The molecule has 0 saturated carbocycles. The summed E-state index contributed by atoms with van der Waals surface area (Å²) in [5.74, 6) is 1.59. The number of fused-ring (bicyclic) bond motifs is 2. The first-order chi connectivity index (χ1) is 19.1. The molecule has 0 spiro atoms. The van der Waals surface area contributed by atoms with Crippen molar-refractivity contribution in [2.24, 2.45) is 7.05 Å². The molecule has 0 fully saturated rings. The average molecular weight is 535 g/mol. The summed E-state index contributed by atoms with van der Waals surface area (Å²) in [6.45, 7) is 7.68. The van der Waals surface area contributed by atoms with Crippen LogP contribution in [0.5, 0.6) is 11.6 Å². The first kappa shape index (κ1) is 25.4. The zero-order valence-corrected chi connectivity index (χ0v) is 23.1. The highest BCUT2D eigenvalue weighted by Gasteiger charge is 2.34. The number of carbonyl (C=O) groups excluding carboxylic acids is 1. The Morgan fingerprint density at radius 1 is 1.02 bits per heavy atom. The molecule has 0 saturated heterocycles. The first-order valence-electron chi connectivity index (χ1n) is 13.0. The largest absolute Gasteiger partial charge is 0.443 e. The fourth-order valence-corrected chi connectivity index (χ4v) is 5.15. The molecule has 5 aromatic rings. The number of nitrogens with zero attached hydrogens (tertiary/aromatic N) is 5. The summed E-state index contributed by atoms with van der Waals surface area (Å²) in [5.41, 5.74) is 12.3. The van der Waals surface area contributed by atoms with Crippen molar-refractivity contribution in [3.05, 3.63) is 78.2 Å². The normalized spacial score (nSPS) is 12.7. The molecule has 1 aliphatic heterocycles. The van der Waals surface area contributed by atoms with Crippen LogP contribution in [0.25, 0.3) is 33.4 Å². The summed E-state index contributed by atoms with van der Waals surface area (Å²) in [7, 11) is 1.96. The molecule has 9 nitrogen and oxygen atoms in total. The van der Waals surface area contributed by atoms with Crippen molar-refractivity contribution in [1.29, 1.82) is 0 Å². The summed E-state index contributed by atoms with van der Waals surface area (Å²) in [4.78, 5) is 28.9. The second-order valence-corrected chi connectivity index (χ2v) is 10.9. The highest BCUT2D eigenvalue weighted by atomic mass is 16.6. The standard InChI is InChI=1S/C31H30N6O3/c1-18-8-6-11-24(35-18)39-22-12-13-23-20(15-22)16-37(30(38)40-31(2,3)4)29-26-25(23)27(19-9-7-10-21(32)14-19)36(5)28(26)33-17-34-29/h6-15,17H,16,32H2,1-5H3. The number of benzene rings is 2. The van der Waals surface area contributed by atoms with Gasteiger partial charge in [0.1, 0.15) is 23.3 Å². The second kappa shape index (κ2) is 9.37. The zero-order valence-electron chi connectivity index (χ0n) is 23.1. The van der Waals surface area contributed by atoms with Gasteiger partial charge in [-0.25, -0.2) is 19.7 Å². The Labute approximate surface area is 232 Å². The van der Waals surface area contributed by atoms with Gasteiger partial charge in [-0.15, -0.1) is 0 Å². The minimum Gasteiger partial charge on any atom is -0.443 e. The second-order valence-electron chi connectivity index (χ2n) is 10.9. The van der Waals surface area contributed by atoms with E-state index >= 15 is 0 Å². The fourth-order valence-electron chi connectivity index (χ4n) is 5.15. The molecule has 202 valence electrons.